The van der Waals surface area contributed by atoms with Crippen LogP contribution >= 0.6 is 23.2 Å². The number of rotatable bonds is 10. The van der Waals surface area contributed by atoms with Crippen LogP contribution in [0.2, 0.25) is 10.0 Å². The van der Waals surface area contributed by atoms with Crippen LogP contribution < -0.4 is 10.1 Å². The molecule has 6 nitrogen and oxygen atoms in total. The quantitative estimate of drug-likeness (QED) is 0.355. The second kappa shape index (κ2) is 11.6. The number of aliphatic carboxylic acids is 1. The number of carboxylic acids is 1. The molecule has 1 aliphatic rings. The maximum Gasteiger partial charge on any atom is 0.326 e. The van der Waals surface area contributed by atoms with Crippen LogP contribution in [0.3, 0.4) is 0 Å². The Morgan fingerprint density at radius 2 is 1.80 bits per heavy atom. The Kier molecular flexibility index (Phi) is 8.26. The van der Waals surface area contributed by atoms with Gasteiger partial charge < -0.3 is 15.2 Å². The molecule has 0 saturated heterocycles. The van der Waals surface area contributed by atoms with E-state index in [1.54, 1.807) is 18.2 Å². The summed E-state index contributed by atoms with van der Waals surface area (Å²) in [4.78, 5) is 28.8. The minimum Gasteiger partial charge on any atom is -0.494 e. The lowest BCUT2D eigenvalue weighted by atomic mass is 10.0. The first-order chi connectivity index (χ1) is 16.9. The summed E-state index contributed by atoms with van der Waals surface area (Å²) in [5, 5.41) is 12.4. The van der Waals surface area contributed by atoms with Crippen molar-refractivity contribution in [3.8, 4) is 5.75 Å². The van der Waals surface area contributed by atoms with E-state index >= 15 is 0 Å². The first-order valence-electron chi connectivity index (χ1n) is 11.5. The molecule has 4 rings (SSSR count). The fraction of sp³-hybridized carbons (Fsp3) is 0.296. The highest BCUT2D eigenvalue weighted by Crippen LogP contribution is 2.28. The third kappa shape index (κ3) is 6.53. The molecule has 1 aliphatic carbocycles. The largest absolute Gasteiger partial charge is 0.494 e. The van der Waals surface area contributed by atoms with Crippen LogP contribution in [-0.4, -0.2) is 34.6 Å². The first kappa shape index (κ1) is 25.0. The molecular weight excluding hydrogens is 487 g/mol. The van der Waals surface area contributed by atoms with Crippen LogP contribution in [0.4, 0.5) is 0 Å². The molecule has 35 heavy (non-hydrogen) atoms. The average molecular weight is 513 g/mol. The van der Waals surface area contributed by atoms with Gasteiger partial charge in [-0.25, -0.2) is 4.79 Å². The predicted molar refractivity (Wildman–Crippen MR) is 135 cm³/mol. The topological polar surface area (TPSA) is 88.5 Å². The number of hydrogen-bond acceptors (Lipinski definition) is 4. The fourth-order valence-electron chi connectivity index (χ4n) is 4.37. The van der Waals surface area contributed by atoms with Gasteiger partial charge in [-0.2, -0.15) is 0 Å². The van der Waals surface area contributed by atoms with E-state index in [2.05, 4.69) is 16.4 Å². The first-order valence-corrected chi connectivity index (χ1v) is 12.3. The van der Waals surface area contributed by atoms with Crippen molar-refractivity contribution in [2.24, 2.45) is 5.92 Å². The van der Waals surface area contributed by atoms with Crippen LogP contribution in [0.5, 0.6) is 5.75 Å². The summed E-state index contributed by atoms with van der Waals surface area (Å²) in [7, 11) is 0. The van der Waals surface area contributed by atoms with E-state index in [4.69, 9.17) is 27.9 Å². The molecule has 0 spiro atoms. The lowest BCUT2D eigenvalue weighted by Gasteiger charge is -2.16. The van der Waals surface area contributed by atoms with Crippen LogP contribution in [0.1, 0.15) is 40.0 Å². The molecule has 1 aromatic heterocycles. The van der Waals surface area contributed by atoms with Crippen molar-refractivity contribution in [3.63, 3.8) is 0 Å². The van der Waals surface area contributed by atoms with E-state index in [1.165, 1.54) is 23.4 Å². The van der Waals surface area contributed by atoms with E-state index in [0.717, 1.165) is 37.0 Å². The summed E-state index contributed by atoms with van der Waals surface area (Å²) in [6.45, 7) is 0.617. The van der Waals surface area contributed by atoms with Crippen molar-refractivity contribution in [3.05, 3.63) is 93.2 Å². The predicted octanol–water partition coefficient (Wildman–Crippen LogP) is 5.39. The number of amides is 1. The summed E-state index contributed by atoms with van der Waals surface area (Å²) >= 11 is 12.1. The van der Waals surface area contributed by atoms with Gasteiger partial charge in [0.2, 0.25) is 0 Å². The number of benzene rings is 2. The molecule has 2 aromatic carbocycles. The Balaban J connectivity index is 1.25. The Morgan fingerprint density at radius 3 is 2.49 bits per heavy atom. The van der Waals surface area contributed by atoms with Crippen molar-refractivity contribution in [2.75, 3.05) is 6.61 Å². The number of halogens is 2. The maximum absolute atomic E-state index is 12.6. The summed E-state index contributed by atoms with van der Waals surface area (Å²) < 4.78 is 5.87. The van der Waals surface area contributed by atoms with Crippen molar-refractivity contribution in [1.29, 1.82) is 0 Å². The molecule has 0 aliphatic heterocycles. The van der Waals surface area contributed by atoms with Crippen molar-refractivity contribution in [1.82, 2.24) is 10.3 Å². The molecule has 0 saturated carbocycles. The zero-order valence-electron chi connectivity index (χ0n) is 19.0. The number of carboxylic acid groups (broad SMARTS) is 1. The number of hydrogen-bond donors (Lipinski definition) is 2. The van der Waals surface area contributed by atoms with Gasteiger partial charge in [-0.1, -0.05) is 47.5 Å². The summed E-state index contributed by atoms with van der Waals surface area (Å²) in [6.07, 6.45) is 6.13. The number of fused-ring (bicyclic) bond motifs is 1. The Bertz CT molecular complexity index is 1150. The van der Waals surface area contributed by atoms with Gasteiger partial charge in [0, 0.05) is 18.3 Å². The molecule has 0 bridgehead atoms. The SMILES string of the molecule is O=C(NC(Cc1ccc(OCCCC2Cc3cccnc3C2)cc1)C(=O)O)c1c(Cl)cccc1Cl. The molecule has 3 aromatic rings. The van der Waals surface area contributed by atoms with Crippen molar-refractivity contribution < 1.29 is 19.4 Å². The minimum atomic E-state index is -1.15. The molecule has 0 radical (unpaired) electrons. The highest BCUT2D eigenvalue weighted by atomic mass is 35.5. The van der Waals surface area contributed by atoms with E-state index in [0.29, 0.717) is 12.5 Å². The fourth-order valence-corrected chi connectivity index (χ4v) is 4.94. The number of carbonyl (C=O) groups is 2. The molecular formula is C27H26Cl2N2O4. The van der Waals surface area contributed by atoms with Gasteiger partial charge in [-0.05, 0) is 73.1 Å². The van der Waals surface area contributed by atoms with E-state index < -0.39 is 17.9 Å². The third-order valence-corrected chi connectivity index (χ3v) is 6.79. The normalized spacial score (nSPS) is 15.3. The molecule has 2 unspecified atom stereocenters. The van der Waals surface area contributed by atoms with Gasteiger partial charge in [0.1, 0.15) is 11.8 Å². The molecule has 1 heterocycles. The van der Waals surface area contributed by atoms with Crippen LogP contribution in [0, 0.1) is 5.92 Å². The van der Waals surface area contributed by atoms with E-state index in [1.807, 2.05) is 24.4 Å². The second-order valence-corrected chi connectivity index (χ2v) is 9.50. The van der Waals surface area contributed by atoms with Crippen LogP contribution in [0.25, 0.3) is 0 Å². The second-order valence-electron chi connectivity index (χ2n) is 8.68. The molecule has 2 N–H and O–H groups in total. The molecule has 182 valence electrons. The third-order valence-electron chi connectivity index (χ3n) is 6.16. The van der Waals surface area contributed by atoms with E-state index in [-0.39, 0.29) is 22.0 Å². The Hall–Kier alpha value is -3.09. The van der Waals surface area contributed by atoms with Gasteiger partial charge >= 0.3 is 5.97 Å². The van der Waals surface area contributed by atoms with Gasteiger partial charge in [-0.15, -0.1) is 0 Å². The Labute approximate surface area is 214 Å². The smallest absolute Gasteiger partial charge is 0.326 e. The zero-order valence-corrected chi connectivity index (χ0v) is 20.6. The number of aromatic nitrogens is 1. The lowest BCUT2D eigenvalue weighted by molar-refractivity contribution is -0.139. The average Bonchev–Trinajstić information content (AvgIpc) is 3.25. The maximum atomic E-state index is 12.6. The number of ether oxygens (including phenoxy) is 1. The van der Waals surface area contributed by atoms with Crippen molar-refractivity contribution in [2.45, 2.75) is 38.1 Å². The van der Waals surface area contributed by atoms with Gasteiger partial charge in [0.15, 0.2) is 0 Å². The molecule has 2 atom stereocenters. The van der Waals surface area contributed by atoms with Gasteiger partial charge in [0.25, 0.3) is 5.91 Å². The minimum absolute atomic E-state index is 0.0589. The number of nitrogens with one attached hydrogen (secondary N) is 1. The number of carbonyl (C=O) groups excluding carboxylic acids is 1. The monoisotopic (exact) mass is 512 g/mol. The highest BCUT2D eigenvalue weighted by molar-refractivity contribution is 6.39. The highest BCUT2D eigenvalue weighted by Gasteiger charge is 2.24. The standard InChI is InChI=1S/C27H26Cl2N2O4/c28-21-6-1-7-22(29)25(21)26(32)31-24(27(33)34)15-17-8-10-20(11-9-17)35-13-3-4-18-14-19-5-2-12-30-23(19)16-18/h1-2,5-12,18,24H,3-4,13-16H2,(H,31,32)(H,33,34). The van der Waals surface area contributed by atoms with Crippen LogP contribution in [-0.2, 0) is 24.1 Å². The van der Waals surface area contributed by atoms with E-state index in [9.17, 15) is 14.7 Å². The molecule has 8 heteroatoms. The summed E-state index contributed by atoms with van der Waals surface area (Å²) in [6, 6.07) is 14.9. The van der Waals surface area contributed by atoms with Gasteiger partial charge in [0.05, 0.1) is 22.2 Å². The zero-order chi connectivity index (χ0) is 24.8. The molecule has 1 amide bonds. The number of nitrogens with zero attached hydrogens (tertiary/aromatic N) is 1. The molecule has 0 fully saturated rings. The summed E-state index contributed by atoms with van der Waals surface area (Å²) in [5.74, 6) is -0.432. The summed E-state index contributed by atoms with van der Waals surface area (Å²) in [5.41, 5.74) is 3.40. The van der Waals surface area contributed by atoms with Gasteiger partial charge in [-0.3, -0.25) is 9.78 Å². The number of pyridine rings is 1. The lowest BCUT2D eigenvalue weighted by Crippen LogP contribution is -2.42. The van der Waals surface area contributed by atoms with Crippen LogP contribution in [0.15, 0.2) is 60.8 Å². The van der Waals surface area contributed by atoms with Crippen molar-refractivity contribution >= 4 is 35.1 Å². The Morgan fingerprint density at radius 1 is 1.06 bits per heavy atom.